The van der Waals surface area contributed by atoms with Gasteiger partial charge in [-0.25, -0.2) is 14.8 Å². The van der Waals surface area contributed by atoms with E-state index in [2.05, 4.69) is 26.7 Å². The van der Waals surface area contributed by atoms with E-state index < -0.39 is 6.03 Å². The molecular formula is C25H29N7O4. The van der Waals surface area contributed by atoms with E-state index in [-0.39, 0.29) is 23.5 Å². The molecule has 1 fully saturated rings. The van der Waals surface area contributed by atoms with Gasteiger partial charge in [-0.2, -0.15) is 5.26 Å². The molecule has 11 heteroatoms. The van der Waals surface area contributed by atoms with Crippen LogP contribution in [0, 0.1) is 11.3 Å². The van der Waals surface area contributed by atoms with E-state index in [1.165, 1.54) is 11.1 Å². The van der Waals surface area contributed by atoms with Crippen molar-refractivity contribution in [2.75, 3.05) is 42.3 Å². The van der Waals surface area contributed by atoms with Gasteiger partial charge in [0.1, 0.15) is 23.4 Å². The molecule has 188 valence electrons. The SMILES string of the molecule is COC[C@H](C)Nc1cc(NC(=O)N2CCCc3cc(CN4CCCC4=O)c(C=O)nc32)ncc1C#N. The summed E-state index contributed by atoms with van der Waals surface area (Å²) in [5.74, 6) is 0.780. The molecule has 2 N–H and O–H groups in total. The highest BCUT2D eigenvalue weighted by molar-refractivity contribution is 6.02. The highest BCUT2D eigenvalue weighted by Gasteiger charge is 2.28. The number of aldehydes is 1. The molecule has 3 amide bonds. The predicted octanol–water partition coefficient (Wildman–Crippen LogP) is 2.71. The van der Waals surface area contributed by atoms with Crippen molar-refractivity contribution in [3.05, 3.63) is 40.7 Å². The van der Waals surface area contributed by atoms with E-state index in [1.54, 1.807) is 18.1 Å². The molecule has 0 aliphatic carbocycles. The molecule has 0 unspecified atom stereocenters. The molecule has 1 atom stereocenters. The van der Waals surface area contributed by atoms with Crippen molar-refractivity contribution < 1.29 is 19.1 Å². The fourth-order valence-electron chi connectivity index (χ4n) is 4.53. The average Bonchev–Trinajstić information content (AvgIpc) is 3.27. The van der Waals surface area contributed by atoms with Gasteiger partial charge in [0.2, 0.25) is 5.91 Å². The molecule has 11 nitrogen and oxygen atoms in total. The van der Waals surface area contributed by atoms with Gasteiger partial charge in [-0.3, -0.25) is 19.8 Å². The molecule has 2 aromatic heterocycles. The lowest BCUT2D eigenvalue weighted by Crippen LogP contribution is -2.40. The Bertz CT molecular complexity index is 1210. The molecule has 0 spiro atoms. The number of likely N-dealkylation sites (tertiary alicyclic amines) is 1. The van der Waals surface area contributed by atoms with Crippen LogP contribution in [0.2, 0.25) is 0 Å². The second kappa shape index (κ2) is 11.1. The number of nitriles is 1. The third-order valence-electron chi connectivity index (χ3n) is 6.24. The number of ether oxygens (including phenoxy) is 1. The second-order valence-corrected chi connectivity index (χ2v) is 8.97. The lowest BCUT2D eigenvalue weighted by molar-refractivity contribution is -0.128. The number of nitrogens with one attached hydrogen (secondary N) is 2. The fourth-order valence-corrected chi connectivity index (χ4v) is 4.53. The number of carbonyl (C=O) groups excluding carboxylic acids is 3. The Hall–Kier alpha value is -4.04. The van der Waals surface area contributed by atoms with Crippen LogP contribution in [0.15, 0.2) is 18.3 Å². The van der Waals surface area contributed by atoms with Gasteiger partial charge in [-0.15, -0.1) is 0 Å². The van der Waals surface area contributed by atoms with Crippen molar-refractivity contribution in [1.29, 1.82) is 5.26 Å². The largest absolute Gasteiger partial charge is 0.383 e. The number of carbonyl (C=O) groups is 3. The molecule has 0 saturated carbocycles. The van der Waals surface area contributed by atoms with Crippen LogP contribution in [0.5, 0.6) is 0 Å². The summed E-state index contributed by atoms with van der Waals surface area (Å²) >= 11 is 0. The zero-order chi connectivity index (χ0) is 25.7. The van der Waals surface area contributed by atoms with Crippen LogP contribution in [0.3, 0.4) is 0 Å². The zero-order valence-corrected chi connectivity index (χ0v) is 20.4. The number of aromatic nitrogens is 2. The molecule has 0 bridgehead atoms. The van der Waals surface area contributed by atoms with Gasteiger partial charge in [0, 0.05) is 57.0 Å². The predicted molar refractivity (Wildman–Crippen MR) is 133 cm³/mol. The maximum Gasteiger partial charge on any atom is 0.328 e. The minimum Gasteiger partial charge on any atom is -0.383 e. The minimum absolute atomic E-state index is 0.0574. The molecule has 2 aromatic rings. The molecule has 2 aliphatic rings. The maximum atomic E-state index is 13.2. The number of fused-ring (bicyclic) bond motifs is 1. The van der Waals surface area contributed by atoms with E-state index in [0.29, 0.717) is 68.0 Å². The number of hydrogen-bond donors (Lipinski definition) is 2. The van der Waals surface area contributed by atoms with Crippen LogP contribution in [-0.4, -0.2) is 65.9 Å². The minimum atomic E-state index is -0.434. The van der Waals surface area contributed by atoms with E-state index >= 15 is 0 Å². The summed E-state index contributed by atoms with van der Waals surface area (Å²) in [6, 6.07) is 5.09. The van der Waals surface area contributed by atoms with Crippen molar-refractivity contribution in [2.45, 2.75) is 45.2 Å². The molecule has 4 rings (SSSR count). The Labute approximate surface area is 209 Å². The highest BCUT2D eigenvalue weighted by Crippen LogP contribution is 2.29. The van der Waals surface area contributed by atoms with E-state index in [9.17, 15) is 19.6 Å². The molecule has 0 radical (unpaired) electrons. The van der Waals surface area contributed by atoms with Gasteiger partial charge in [-0.1, -0.05) is 0 Å². The zero-order valence-electron chi connectivity index (χ0n) is 20.4. The van der Waals surface area contributed by atoms with Crippen LogP contribution in [-0.2, 0) is 22.5 Å². The van der Waals surface area contributed by atoms with Gasteiger partial charge < -0.3 is 15.0 Å². The number of methoxy groups -OCH3 is 1. The van der Waals surface area contributed by atoms with Gasteiger partial charge in [0.25, 0.3) is 0 Å². The molecular weight excluding hydrogens is 462 g/mol. The quantitative estimate of drug-likeness (QED) is 0.537. The summed E-state index contributed by atoms with van der Waals surface area (Å²) in [6.07, 6.45) is 4.85. The lowest BCUT2D eigenvalue weighted by atomic mass is 10.0. The van der Waals surface area contributed by atoms with Gasteiger partial charge >= 0.3 is 6.03 Å². The normalized spacial score (nSPS) is 15.8. The average molecular weight is 492 g/mol. The first-order valence-corrected chi connectivity index (χ1v) is 11.9. The molecule has 4 heterocycles. The van der Waals surface area contributed by atoms with Crippen LogP contribution in [0.1, 0.15) is 53.4 Å². The molecule has 2 aliphatic heterocycles. The molecule has 1 saturated heterocycles. The van der Waals surface area contributed by atoms with Crippen LogP contribution in [0.4, 0.5) is 22.1 Å². The number of pyridine rings is 2. The van der Waals surface area contributed by atoms with Crippen molar-refractivity contribution in [1.82, 2.24) is 14.9 Å². The Balaban J connectivity index is 1.55. The number of anilines is 3. The number of rotatable bonds is 8. The Morgan fingerprint density at radius 3 is 2.81 bits per heavy atom. The van der Waals surface area contributed by atoms with Crippen molar-refractivity contribution >= 4 is 35.5 Å². The number of hydrogen-bond acceptors (Lipinski definition) is 8. The molecule has 0 aromatic carbocycles. The van der Waals surface area contributed by atoms with E-state index in [1.807, 2.05) is 13.0 Å². The third-order valence-corrected chi connectivity index (χ3v) is 6.24. The summed E-state index contributed by atoms with van der Waals surface area (Å²) in [5.41, 5.74) is 2.65. The number of nitrogens with zero attached hydrogens (tertiary/aromatic N) is 5. The number of amides is 3. The van der Waals surface area contributed by atoms with Crippen molar-refractivity contribution in [3.63, 3.8) is 0 Å². The van der Waals surface area contributed by atoms with E-state index in [0.717, 1.165) is 18.4 Å². The standard InChI is InChI=1S/C25H29N7O4/c1-16(15-36-2)28-20-10-22(27-12-19(20)11-26)30-25(35)32-8-3-5-17-9-18(21(14-33)29-24(17)32)13-31-7-4-6-23(31)34/h9-10,12,14,16H,3-8,13,15H2,1-2H3,(H2,27,28,30,35)/t16-/m0/s1. The maximum absolute atomic E-state index is 13.2. The summed E-state index contributed by atoms with van der Waals surface area (Å²) in [6.45, 7) is 3.80. The van der Waals surface area contributed by atoms with Crippen molar-refractivity contribution in [2.24, 2.45) is 0 Å². The first-order valence-electron chi connectivity index (χ1n) is 11.9. The number of aryl methyl sites for hydroxylation is 1. The summed E-state index contributed by atoms with van der Waals surface area (Å²) in [5, 5.41) is 15.4. The van der Waals surface area contributed by atoms with Gasteiger partial charge in [-0.05, 0) is 37.8 Å². The van der Waals surface area contributed by atoms with Crippen LogP contribution in [0.25, 0.3) is 0 Å². The Morgan fingerprint density at radius 1 is 1.31 bits per heavy atom. The van der Waals surface area contributed by atoms with E-state index in [4.69, 9.17) is 4.74 Å². The summed E-state index contributed by atoms with van der Waals surface area (Å²) in [4.78, 5) is 49.1. The van der Waals surface area contributed by atoms with Gasteiger partial charge in [0.15, 0.2) is 6.29 Å². The smallest absolute Gasteiger partial charge is 0.328 e. The monoisotopic (exact) mass is 491 g/mol. The lowest BCUT2D eigenvalue weighted by Gasteiger charge is -2.29. The highest BCUT2D eigenvalue weighted by atomic mass is 16.5. The Kier molecular flexibility index (Phi) is 7.75. The summed E-state index contributed by atoms with van der Waals surface area (Å²) in [7, 11) is 1.59. The van der Waals surface area contributed by atoms with Crippen molar-refractivity contribution in [3.8, 4) is 6.07 Å². The summed E-state index contributed by atoms with van der Waals surface area (Å²) < 4.78 is 5.14. The number of urea groups is 1. The third kappa shape index (κ3) is 5.44. The fraction of sp³-hybridized carbons (Fsp3) is 0.440. The first-order chi connectivity index (χ1) is 17.4. The first kappa shape index (κ1) is 25.1. The van der Waals surface area contributed by atoms with Gasteiger partial charge in [0.05, 0.1) is 17.9 Å². The second-order valence-electron chi connectivity index (χ2n) is 8.97. The van der Waals surface area contributed by atoms with Crippen LogP contribution >= 0.6 is 0 Å². The topological polar surface area (TPSA) is 141 Å². The Morgan fingerprint density at radius 2 is 2.11 bits per heavy atom. The molecule has 36 heavy (non-hydrogen) atoms. The van der Waals surface area contributed by atoms with Crippen LogP contribution < -0.4 is 15.5 Å².